The lowest BCUT2D eigenvalue weighted by Crippen LogP contribution is -2.02. The molecular formula is C16H9F3O2. The first kappa shape index (κ1) is 13.4. The molecule has 3 rings (SSSR count). The van der Waals surface area contributed by atoms with Gasteiger partial charge < -0.3 is 4.42 Å². The Labute approximate surface area is 117 Å². The first-order valence-electron chi connectivity index (χ1n) is 6.19. The van der Waals surface area contributed by atoms with E-state index >= 15 is 0 Å². The van der Waals surface area contributed by atoms with Crippen molar-refractivity contribution >= 4 is 16.8 Å². The second-order valence-electron chi connectivity index (χ2n) is 4.64. The second-order valence-corrected chi connectivity index (χ2v) is 4.64. The smallest absolute Gasteiger partial charge is 0.202 e. The molecule has 0 amide bonds. The van der Waals surface area contributed by atoms with Crippen LogP contribution < -0.4 is 0 Å². The minimum absolute atomic E-state index is 0.0559. The van der Waals surface area contributed by atoms with Crippen molar-refractivity contribution in [2.45, 2.75) is 6.42 Å². The van der Waals surface area contributed by atoms with Crippen LogP contribution in [0.25, 0.3) is 11.0 Å². The van der Waals surface area contributed by atoms with Crippen molar-refractivity contribution in [3.8, 4) is 0 Å². The Morgan fingerprint density at radius 3 is 2.52 bits per heavy atom. The van der Waals surface area contributed by atoms with Crippen LogP contribution in [-0.2, 0) is 6.42 Å². The Bertz CT molecular complexity index is 837. The van der Waals surface area contributed by atoms with Crippen LogP contribution >= 0.6 is 0 Å². The number of Topliss-reactive ketones (excluding diaryl/α,β-unsaturated/α-hetero) is 1. The van der Waals surface area contributed by atoms with Crippen molar-refractivity contribution in [1.29, 1.82) is 0 Å². The fourth-order valence-corrected chi connectivity index (χ4v) is 2.07. The first-order chi connectivity index (χ1) is 10.0. The van der Waals surface area contributed by atoms with Crippen molar-refractivity contribution in [3.63, 3.8) is 0 Å². The van der Waals surface area contributed by atoms with Gasteiger partial charge in [-0.15, -0.1) is 0 Å². The molecule has 0 atom stereocenters. The Balaban J connectivity index is 1.87. The molecular weight excluding hydrogens is 281 g/mol. The minimum atomic E-state index is -1.01. The summed E-state index contributed by atoms with van der Waals surface area (Å²) in [5, 5.41) is 0.476. The Morgan fingerprint density at radius 1 is 0.952 bits per heavy atom. The molecule has 2 aromatic carbocycles. The third kappa shape index (κ3) is 2.67. The predicted molar refractivity (Wildman–Crippen MR) is 70.6 cm³/mol. The summed E-state index contributed by atoms with van der Waals surface area (Å²) in [6.07, 6.45) is -0.125. The van der Waals surface area contributed by atoms with E-state index in [0.29, 0.717) is 16.5 Å². The Hall–Kier alpha value is -2.56. The maximum Gasteiger partial charge on any atom is 0.202 e. The van der Waals surface area contributed by atoms with E-state index in [2.05, 4.69) is 0 Å². The molecule has 0 bridgehead atoms. The summed E-state index contributed by atoms with van der Waals surface area (Å²) in [7, 11) is 0. The number of rotatable bonds is 3. The van der Waals surface area contributed by atoms with E-state index in [4.69, 9.17) is 4.42 Å². The molecule has 0 saturated carbocycles. The zero-order chi connectivity index (χ0) is 15.0. The van der Waals surface area contributed by atoms with E-state index in [1.165, 1.54) is 30.3 Å². The van der Waals surface area contributed by atoms with Crippen LogP contribution in [0.5, 0.6) is 0 Å². The van der Waals surface area contributed by atoms with E-state index in [0.717, 1.165) is 12.1 Å². The van der Waals surface area contributed by atoms with E-state index in [-0.39, 0.29) is 12.2 Å². The number of furan rings is 1. The zero-order valence-corrected chi connectivity index (χ0v) is 10.7. The topological polar surface area (TPSA) is 30.2 Å². The highest BCUT2D eigenvalue weighted by Crippen LogP contribution is 2.22. The van der Waals surface area contributed by atoms with Crippen molar-refractivity contribution in [1.82, 2.24) is 0 Å². The summed E-state index contributed by atoms with van der Waals surface area (Å²) < 4.78 is 44.3. The summed E-state index contributed by atoms with van der Waals surface area (Å²) in [5.74, 6) is -2.74. The molecule has 0 N–H and O–H groups in total. The Kier molecular flexibility index (Phi) is 3.25. The van der Waals surface area contributed by atoms with Gasteiger partial charge in [0.1, 0.15) is 11.4 Å². The summed E-state index contributed by atoms with van der Waals surface area (Å²) in [5.41, 5.74) is 0.732. The van der Waals surface area contributed by atoms with Gasteiger partial charge >= 0.3 is 0 Å². The molecule has 1 aromatic heterocycles. The number of halogens is 3. The average molecular weight is 290 g/mol. The van der Waals surface area contributed by atoms with Gasteiger partial charge in [0, 0.05) is 11.8 Å². The lowest BCUT2D eigenvalue weighted by molar-refractivity contribution is 0.0968. The fraction of sp³-hybridized carbons (Fsp3) is 0.0625. The maximum atomic E-state index is 13.1. The molecule has 0 saturated heterocycles. The zero-order valence-electron chi connectivity index (χ0n) is 10.7. The molecule has 0 unspecified atom stereocenters. The summed E-state index contributed by atoms with van der Waals surface area (Å²) in [6, 6.07) is 8.61. The van der Waals surface area contributed by atoms with E-state index in [1.807, 2.05) is 0 Å². The number of benzene rings is 2. The van der Waals surface area contributed by atoms with E-state index < -0.39 is 23.2 Å². The van der Waals surface area contributed by atoms with Gasteiger partial charge in [-0.25, -0.2) is 13.2 Å². The van der Waals surface area contributed by atoms with Gasteiger partial charge in [-0.05, 0) is 42.0 Å². The van der Waals surface area contributed by atoms with Crippen LogP contribution in [0.1, 0.15) is 16.1 Å². The van der Waals surface area contributed by atoms with Gasteiger partial charge in [-0.3, -0.25) is 4.79 Å². The standard InChI is InChI=1S/C16H9F3O2/c17-11-2-4-15-10(7-11)8-16(21-15)14(20)6-9-1-3-12(18)13(19)5-9/h1-5,7-8H,6H2. The summed E-state index contributed by atoms with van der Waals surface area (Å²) >= 11 is 0. The van der Waals surface area contributed by atoms with Crippen LogP contribution in [-0.4, -0.2) is 5.78 Å². The SMILES string of the molecule is O=C(Cc1ccc(F)c(F)c1)c1cc2cc(F)ccc2o1. The van der Waals surface area contributed by atoms with Crippen LogP contribution in [0.3, 0.4) is 0 Å². The number of ketones is 1. The lowest BCUT2D eigenvalue weighted by atomic mass is 10.1. The van der Waals surface area contributed by atoms with Gasteiger partial charge in [-0.1, -0.05) is 6.07 Å². The quantitative estimate of drug-likeness (QED) is 0.674. The molecule has 0 aliphatic rings. The molecule has 0 fully saturated rings. The van der Waals surface area contributed by atoms with Crippen molar-refractivity contribution in [3.05, 3.63) is 71.2 Å². The minimum Gasteiger partial charge on any atom is -0.453 e. The number of hydrogen-bond acceptors (Lipinski definition) is 2. The molecule has 0 radical (unpaired) electrons. The third-order valence-corrected chi connectivity index (χ3v) is 3.10. The Morgan fingerprint density at radius 2 is 1.76 bits per heavy atom. The van der Waals surface area contributed by atoms with Crippen molar-refractivity contribution < 1.29 is 22.4 Å². The maximum absolute atomic E-state index is 13.1. The molecule has 3 aromatic rings. The average Bonchev–Trinajstić information content (AvgIpc) is 2.86. The molecule has 106 valence electrons. The van der Waals surface area contributed by atoms with Crippen molar-refractivity contribution in [2.24, 2.45) is 0 Å². The fourth-order valence-electron chi connectivity index (χ4n) is 2.07. The highest BCUT2D eigenvalue weighted by Gasteiger charge is 2.14. The van der Waals surface area contributed by atoms with Gasteiger partial charge in [0.05, 0.1) is 0 Å². The molecule has 21 heavy (non-hydrogen) atoms. The molecule has 2 nitrogen and oxygen atoms in total. The molecule has 0 aliphatic carbocycles. The second kappa shape index (κ2) is 5.09. The molecule has 0 aliphatic heterocycles. The van der Waals surface area contributed by atoms with E-state index in [9.17, 15) is 18.0 Å². The summed E-state index contributed by atoms with van der Waals surface area (Å²) in [4.78, 5) is 12.1. The van der Waals surface area contributed by atoms with Crippen LogP contribution in [0.2, 0.25) is 0 Å². The van der Waals surface area contributed by atoms with Crippen LogP contribution in [0.15, 0.2) is 46.9 Å². The van der Waals surface area contributed by atoms with Crippen LogP contribution in [0.4, 0.5) is 13.2 Å². The number of carbonyl (C=O) groups is 1. The van der Waals surface area contributed by atoms with Crippen molar-refractivity contribution in [2.75, 3.05) is 0 Å². The largest absolute Gasteiger partial charge is 0.453 e. The molecule has 5 heteroatoms. The number of fused-ring (bicyclic) bond motifs is 1. The summed E-state index contributed by atoms with van der Waals surface area (Å²) in [6.45, 7) is 0. The van der Waals surface area contributed by atoms with Gasteiger partial charge in [-0.2, -0.15) is 0 Å². The highest BCUT2D eigenvalue weighted by molar-refractivity contribution is 5.98. The predicted octanol–water partition coefficient (Wildman–Crippen LogP) is 4.28. The number of hydrogen-bond donors (Lipinski definition) is 0. The molecule has 0 spiro atoms. The van der Waals surface area contributed by atoms with Crippen LogP contribution in [0, 0.1) is 17.5 Å². The van der Waals surface area contributed by atoms with E-state index in [1.54, 1.807) is 0 Å². The normalized spacial score (nSPS) is 11.0. The monoisotopic (exact) mass is 290 g/mol. The van der Waals surface area contributed by atoms with Gasteiger partial charge in [0.2, 0.25) is 5.78 Å². The number of carbonyl (C=O) groups excluding carboxylic acids is 1. The van der Waals surface area contributed by atoms with Gasteiger partial charge in [0.15, 0.2) is 17.4 Å². The first-order valence-corrected chi connectivity index (χ1v) is 6.19. The highest BCUT2D eigenvalue weighted by atomic mass is 19.2. The van der Waals surface area contributed by atoms with Gasteiger partial charge in [0.25, 0.3) is 0 Å². The lowest BCUT2D eigenvalue weighted by Gasteiger charge is -1.99. The third-order valence-electron chi connectivity index (χ3n) is 3.10. The molecule has 1 heterocycles.